The molecular formula is C8H10N6O3. The van der Waals surface area contributed by atoms with E-state index in [1.807, 2.05) is 0 Å². The molecule has 90 valence electrons. The topological polar surface area (TPSA) is 112 Å². The molecule has 0 spiro atoms. The van der Waals surface area contributed by atoms with Gasteiger partial charge in [-0.2, -0.15) is 4.98 Å². The van der Waals surface area contributed by atoms with Crippen LogP contribution < -0.4 is 5.32 Å². The summed E-state index contributed by atoms with van der Waals surface area (Å²) >= 11 is 0. The van der Waals surface area contributed by atoms with Gasteiger partial charge in [0.05, 0.1) is 4.92 Å². The second-order valence-corrected chi connectivity index (χ2v) is 3.31. The highest BCUT2D eigenvalue weighted by Crippen LogP contribution is 2.20. The SMILES string of the molecule is Cn1cc([N+](=O)[O-])c(NCCc2ncno2)n1. The molecule has 0 saturated carbocycles. The number of aromatic nitrogens is 4. The van der Waals surface area contributed by atoms with Crippen LogP contribution in [0.25, 0.3) is 0 Å². The van der Waals surface area contributed by atoms with Crippen molar-refractivity contribution in [2.75, 3.05) is 11.9 Å². The Hall–Kier alpha value is -2.45. The van der Waals surface area contributed by atoms with E-state index in [9.17, 15) is 10.1 Å². The van der Waals surface area contributed by atoms with E-state index < -0.39 is 4.92 Å². The van der Waals surface area contributed by atoms with Gasteiger partial charge in [-0.15, -0.1) is 5.10 Å². The van der Waals surface area contributed by atoms with E-state index in [-0.39, 0.29) is 11.5 Å². The van der Waals surface area contributed by atoms with Crippen molar-refractivity contribution in [3.63, 3.8) is 0 Å². The Morgan fingerprint density at radius 2 is 2.47 bits per heavy atom. The lowest BCUT2D eigenvalue weighted by Crippen LogP contribution is -2.07. The number of aryl methyl sites for hydroxylation is 1. The van der Waals surface area contributed by atoms with Crippen LogP contribution in [0.5, 0.6) is 0 Å². The summed E-state index contributed by atoms with van der Waals surface area (Å²) in [5, 5.41) is 21.0. The van der Waals surface area contributed by atoms with Gasteiger partial charge in [-0.25, -0.2) is 0 Å². The van der Waals surface area contributed by atoms with Gasteiger partial charge < -0.3 is 9.84 Å². The molecule has 0 aliphatic rings. The molecule has 0 amide bonds. The second kappa shape index (κ2) is 4.60. The van der Waals surface area contributed by atoms with Gasteiger partial charge in [0, 0.05) is 20.0 Å². The molecule has 2 heterocycles. The van der Waals surface area contributed by atoms with Crippen molar-refractivity contribution in [1.29, 1.82) is 0 Å². The van der Waals surface area contributed by atoms with Crippen LogP contribution in [0, 0.1) is 10.1 Å². The highest BCUT2D eigenvalue weighted by Gasteiger charge is 2.17. The van der Waals surface area contributed by atoms with Crippen LogP contribution in [0.1, 0.15) is 5.89 Å². The lowest BCUT2D eigenvalue weighted by Gasteiger charge is -1.99. The normalized spacial score (nSPS) is 10.4. The molecule has 0 aliphatic carbocycles. The number of anilines is 1. The standard InChI is InChI=1S/C8H10N6O3/c1-13-4-6(14(15)16)8(12-13)9-3-2-7-10-5-11-17-7/h4-5H,2-3H2,1H3,(H,9,12). The molecule has 0 atom stereocenters. The molecule has 0 fully saturated rings. The Kier molecular flexibility index (Phi) is 2.99. The van der Waals surface area contributed by atoms with Gasteiger partial charge in [-0.3, -0.25) is 14.8 Å². The summed E-state index contributed by atoms with van der Waals surface area (Å²) in [4.78, 5) is 14.0. The molecule has 0 unspecified atom stereocenters. The highest BCUT2D eigenvalue weighted by molar-refractivity contribution is 5.54. The Balaban J connectivity index is 1.96. The Morgan fingerprint density at radius 1 is 1.65 bits per heavy atom. The molecule has 0 aliphatic heterocycles. The molecule has 0 aromatic carbocycles. The first-order valence-corrected chi connectivity index (χ1v) is 4.84. The Bertz CT molecular complexity index is 505. The third-order valence-electron chi connectivity index (χ3n) is 2.04. The number of rotatable bonds is 5. The minimum atomic E-state index is -0.484. The van der Waals surface area contributed by atoms with Crippen molar-refractivity contribution >= 4 is 11.5 Å². The highest BCUT2D eigenvalue weighted by atomic mass is 16.6. The van der Waals surface area contributed by atoms with E-state index in [2.05, 4.69) is 20.6 Å². The molecular weight excluding hydrogens is 228 g/mol. The molecule has 2 aromatic rings. The maximum atomic E-state index is 10.7. The van der Waals surface area contributed by atoms with E-state index in [1.165, 1.54) is 17.2 Å². The average molecular weight is 238 g/mol. The number of nitro groups is 1. The smallest absolute Gasteiger partial charge is 0.330 e. The second-order valence-electron chi connectivity index (χ2n) is 3.31. The molecule has 0 radical (unpaired) electrons. The number of hydrogen-bond donors (Lipinski definition) is 1. The summed E-state index contributed by atoms with van der Waals surface area (Å²) < 4.78 is 6.18. The van der Waals surface area contributed by atoms with Crippen LogP contribution >= 0.6 is 0 Å². The number of nitrogens with zero attached hydrogens (tertiary/aromatic N) is 5. The number of nitrogens with one attached hydrogen (secondary N) is 1. The minimum absolute atomic E-state index is 0.0574. The maximum absolute atomic E-state index is 10.7. The first-order chi connectivity index (χ1) is 8.16. The van der Waals surface area contributed by atoms with Crippen molar-refractivity contribution in [3.8, 4) is 0 Å². The summed E-state index contributed by atoms with van der Waals surface area (Å²) in [6.07, 6.45) is 3.13. The summed E-state index contributed by atoms with van der Waals surface area (Å²) in [6, 6.07) is 0. The molecule has 2 aromatic heterocycles. The fourth-order valence-electron chi connectivity index (χ4n) is 1.33. The third-order valence-corrected chi connectivity index (χ3v) is 2.04. The summed E-state index contributed by atoms with van der Waals surface area (Å²) in [5.74, 6) is 0.702. The van der Waals surface area contributed by atoms with Crippen LogP contribution in [0.15, 0.2) is 17.0 Å². The zero-order valence-electron chi connectivity index (χ0n) is 9.03. The first kappa shape index (κ1) is 11.0. The van der Waals surface area contributed by atoms with Gasteiger partial charge in [0.15, 0.2) is 6.33 Å². The van der Waals surface area contributed by atoms with Gasteiger partial charge in [-0.05, 0) is 0 Å². The fraction of sp³-hybridized carbons (Fsp3) is 0.375. The van der Waals surface area contributed by atoms with Crippen molar-refractivity contribution in [3.05, 3.63) is 28.5 Å². The third kappa shape index (κ3) is 2.56. The van der Waals surface area contributed by atoms with Gasteiger partial charge in [0.2, 0.25) is 11.7 Å². The predicted molar refractivity (Wildman–Crippen MR) is 56.4 cm³/mol. The van der Waals surface area contributed by atoms with Gasteiger partial charge in [0.25, 0.3) is 0 Å². The van der Waals surface area contributed by atoms with Crippen LogP contribution in [-0.2, 0) is 13.5 Å². The first-order valence-electron chi connectivity index (χ1n) is 4.84. The molecule has 9 heteroatoms. The zero-order valence-corrected chi connectivity index (χ0v) is 9.03. The molecule has 0 bridgehead atoms. The Labute approximate surface area is 95.6 Å². The lowest BCUT2D eigenvalue weighted by atomic mass is 10.4. The van der Waals surface area contributed by atoms with Crippen molar-refractivity contribution in [1.82, 2.24) is 19.9 Å². The molecule has 17 heavy (non-hydrogen) atoms. The van der Waals surface area contributed by atoms with Crippen molar-refractivity contribution in [2.24, 2.45) is 7.05 Å². The quantitative estimate of drug-likeness (QED) is 0.591. The fourth-order valence-corrected chi connectivity index (χ4v) is 1.33. The maximum Gasteiger partial charge on any atom is 0.330 e. The van der Waals surface area contributed by atoms with E-state index in [0.29, 0.717) is 18.9 Å². The van der Waals surface area contributed by atoms with Gasteiger partial charge in [0.1, 0.15) is 6.20 Å². The van der Waals surface area contributed by atoms with E-state index >= 15 is 0 Å². The van der Waals surface area contributed by atoms with Crippen LogP contribution in [0.3, 0.4) is 0 Å². The molecule has 9 nitrogen and oxygen atoms in total. The van der Waals surface area contributed by atoms with E-state index in [4.69, 9.17) is 4.52 Å². The Morgan fingerprint density at radius 3 is 3.12 bits per heavy atom. The lowest BCUT2D eigenvalue weighted by molar-refractivity contribution is -0.384. The molecule has 1 N–H and O–H groups in total. The number of hydrogen-bond acceptors (Lipinski definition) is 7. The molecule has 0 saturated heterocycles. The minimum Gasteiger partial charge on any atom is -0.362 e. The molecule has 2 rings (SSSR count). The van der Waals surface area contributed by atoms with Gasteiger partial charge in [-0.1, -0.05) is 5.16 Å². The van der Waals surface area contributed by atoms with Gasteiger partial charge >= 0.3 is 5.69 Å². The van der Waals surface area contributed by atoms with Crippen LogP contribution in [-0.4, -0.2) is 31.4 Å². The summed E-state index contributed by atoms with van der Waals surface area (Å²) in [5.41, 5.74) is -0.0574. The summed E-state index contributed by atoms with van der Waals surface area (Å²) in [6.45, 7) is 0.431. The van der Waals surface area contributed by atoms with E-state index in [0.717, 1.165) is 0 Å². The van der Waals surface area contributed by atoms with Crippen LogP contribution in [0.4, 0.5) is 11.5 Å². The van der Waals surface area contributed by atoms with Crippen molar-refractivity contribution in [2.45, 2.75) is 6.42 Å². The van der Waals surface area contributed by atoms with Crippen molar-refractivity contribution < 1.29 is 9.45 Å². The summed E-state index contributed by atoms with van der Waals surface area (Å²) in [7, 11) is 1.62. The predicted octanol–water partition coefficient (Wildman–Crippen LogP) is 0.366. The monoisotopic (exact) mass is 238 g/mol. The zero-order chi connectivity index (χ0) is 12.3. The largest absolute Gasteiger partial charge is 0.362 e. The van der Waals surface area contributed by atoms with E-state index in [1.54, 1.807) is 7.05 Å². The van der Waals surface area contributed by atoms with Crippen LogP contribution in [0.2, 0.25) is 0 Å². The average Bonchev–Trinajstić information content (AvgIpc) is 2.88.